The van der Waals surface area contributed by atoms with Gasteiger partial charge in [0.05, 0.1) is 12.3 Å². The van der Waals surface area contributed by atoms with Gasteiger partial charge in [0.2, 0.25) is 0 Å². The maximum Gasteiger partial charge on any atom is 0.414 e. The van der Waals surface area contributed by atoms with E-state index < -0.39 is 17.7 Å². The van der Waals surface area contributed by atoms with Crippen molar-refractivity contribution in [1.29, 1.82) is 0 Å². The molecule has 0 aliphatic carbocycles. The monoisotopic (exact) mass is 215 g/mol. The molecule has 1 aromatic rings. The highest BCUT2D eigenvalue weighted by atomic mass is 19.2. The molecule has 0 aromatic heterocycles. The molecule has 0 fully saturated rings. The summed E-state index contributed by atoms with van der Waals surface area (Å²) in [5, 5.41) is 0. The lowest BCUT2D eigenvalue weighted by molar-refractivity contribution is 0.161. The van der Waals surface area contributed by atoms with Crippen LogP contribution in [0.25, 0.3) is 0 Å². The molecule has 0 N–H and O–H groups in total. The van der Waals surface area contributed by atoms with E-state index in [0.29, 0.717) is 0 Å². The molecule has 5 heteroatoms. The molecule has 0 bridgehead atoms. The maximum atomic E-state index is 13.2. The van der Waals surface area contributed by atoms with Crippen molar-refractivity contribution in [2.24, 2.45) is 0 Å². The van der Waals surface area contributed by atoms with Crippen molar-refractivity contribution in [2.75, 3.05) is 18.6 Å². The van der Waals surface area contributed by atoms with E-state index in [2.05, 4.69) is 4.74 Å². The second-order valence-electron chi connectivity index (χ2n) is 2.83. The lowest BCUT2D eigenvalue weighted by Crippen LogP contribution is -2.28. The minimum Gasteiger partial charge on any atom is -0.449 e. The van der Waals surface area contributed by atoms with Crippen molar-refractivity contribution in [3.8, 4) is 0 Å². The Bertz CT molecular complexity index is 368. The number of halogens is 2. The van der Waals surface area contributed by atoms with Crippen LogP contribution in [0.4, 0.5) is 19.3 Å². The normalized spacial score (nSPS) is 9.87. The van der Waals surface area contributed by atoms with Gasteiger partial charge in [-0.2, -0.15) is 0 Å². The van der Waals surface area contributed by atoms with E-state index in [0.717, 1.165) is 11.0 Å². The van der Waals surface area contributed by atoms with Crippen LogP contribution in [0.3, 0.4) is 0 Å². The van der Waals surface area contributed by atoms with Crippen LogP contribution >= 0.6 is 0 Å². The highest BCUT2D eigenvalue weighted by molar-refractivity contribution is 5.87. The van der Waals surface area contributed by atoms with E-state index in [9.17, 15) is 13.6 Å². The van der Waals surface area contributed by atoms with Gasteiger partial charge in [0, 0.05) is 7.05 Å². The minimum atomic E-state index is -1.06. The fourth-order valence-corrected chi connectivity index (χ4v) is 1.07. The third-order valence-electron chi connectivity index (χ3n) is 1.83. The van der Waals surface area contributed by atoms with Crippen molar-refractivity contribution in [2.45, 2.75) is 6.92 Å². The lowest BCUT2D eigenvalue weighted by Gasteiger charge is -2.17. The first-order valence-corrected chi connectivity index (χ1v) is 4.42. The van der Waals surface area contributed by atoms with Crippen molar-refractivity contribution in [1.82, 2.24) is 0 Å². The summed E-state index contributed by atoms with van der Waals surface area (Å²) in [5.41, 5.74) is -0.145. The quantitative estimate of drug-likeness (QED) is 0.758. The molecule has 0 aliphatic heterocycles. The van der Waals surface area contributed by atoms with E-state index in [-0.39, 0.29) is 12.3 Å². The molecule has 1 aromatic carbocycles. The summed E-state index contributed by atoms with van der Waals surface area (Å²) in [7, 11) is 1.32. The second-order valence-corrected chi connectivity index (χ2v) is 2.83. The van der Waals surface area contributed by atoms with Gasteiger partial charge in [-0.3, -0.25) is 4.90 Å². The average molecular weight is 215 g/mol. The van der Waals surface area contributed by atoms with E-state index in [1.807, 2.05) is 0 Å². The van der Waals surface area contributed by atoms with Gasteiger partial charge in [0.25, 0.3) is 0 Å². The minimum absolute atomic E-state index is 0.145. The van der Waals surface area contributed by atoms with E-state index in [1.165, 1.54) is 19.2 Å². The molecule has 0 spiro atoms. The van der Waals surface area contributed by atoms with Crippen LogP contribution in [0.5, 0.6) is 0 Å². The molecule has 0 saturated heterocycles. The van der Waals surface area contributed by atoms with Crippen molar-refractivity contribution >= 4 is 11.8 Å². The molecule has 1 amide bonds. The standard InChI is InChI=1S/C10H11F2NO2/c1-3-15-10(14)13(2)8-6-4-5-7(11)9(8)12/h4-6H,3H2,1-2H3. The Labute approximate surface area is 86.3 Å². The van der Waals surface area contributed by atoms with Gasteiger partial charge in [-0.05, 0) is 19.1 Å². The molecular weight excluding hydrogens is 204 g/mol. The van der Waals surface area contributed by atoms with E-state index in [4.69, 9.17) is 0 Å². The topological polar surface area (TPSA) is 29.5 Å². The van der Waals surface area contributed by atoms with Gasteiger partial charge >= 0.3 is 6.09 Å². The molecule has 82 valence electrons. The third kappa shape index (κ3) is 2.43. The number of hydrogen-bond donors (Lipinski definition) is 0. The van der Waals surface area contributed by atoms with Crippen LogP contribution in [-0.4, -0.2) is 19.7 Å². The summed E-state index contributed by atoms with van der Waals surface area (Å²) >= 11 is 0. The summed E-state index contributed by atoms with van der Waals surface area (Å²) in [6.07, 6.45) is -0.720. The Morgan fingerprint density at radius 3 is 2.73 bits per heavy atom. The Kier molecular flexibility index (Phi) is 3.60. The lowest BCUT2D eigenvalue weighted by atomic mass is 10.3. The smallest absolute Gasteiger partial charge is 0.414 e. The number of carbonyl (C=O) groups excluding carboxylic acids is 1. The Morgan fingerprint density at radius 2 is 2.13 bits per heavy atom. The zero-order valence-corrected chi connectivity index (χ0v) is 8.46. The molecule has 0 radical (unpaired) electrons. The van der Waals surface area contributed by atoms with Crippen LogP contribution in [0.1, 0.15) is 6.92 Å². The van der Waals surface area contributed by atoms with Gasteiger partial charge in [0.1, 0.15) is 0 Å². The van der Waals surface area contributed by atoms with E-state index in [1.54, 1.807) is 6.92 Å². The summed E-state index contributed by atoms with van der Waals surface area (Å²) < 4.78 is 30.7. The molecule has 3 nitrogen and oxygen atoms in total. The number of benzene rings is 1. The second kappa shape index (κ2) is 4.72. The number of anilines is 1. The predicted octanol–water partition coefficient (Wildman–Crippen LogP) is 2.56. The zero-order valence-electron chi connectivity index (χ0n) is 8.46. The molecule has 15 heavy (non-hydrogen) atoms. The number of ether oxygens (including phenoxy) is 1. The molecule has 0 heterocycles. The van der Waals surface area contributed by atoms with Gasteiger partial charge in [-0.1, -0.05) is 6.07 Å². The van der Waals surface area contributed by atoms with Crippen molar-refractivity contribution in [3.63, 3.8) is 0 Å². The van der Waals surface area contributed by atoms with Crippen molar-refractivity contribution < 1.29 is 18.3 Å². The Balaban J connectivity index is 2.96. The third-order valence-corrected chi connectivity index (χ3v) is 1.83. The summed E-state index contributed by atoms with van der Waals surface area (Å²) in [6, 6.07) is 3.61. The first-order valence-electron chi connectivity index (χ1n) is 4.42. The summed E-state index contributed by atoms with van der Waals surface area (Å²) in [4.78, 5) is 12.1. The number of nitrogens with zero attached hydrogens (tertiary/aromatic N) is 1. The number of amides is 1. The zero-order chi connectivity index (χ0) is 11.4. The highest BCUT2D eigenvalue weighted by Crippen LogP contribution is 2.20. The fourth-order valence-electron chi connectivity index (χ4n) is 1.07. The molecule has 0 saturated carbocycles. The average Bonchev–Trinajstić information content (AvgIpc) is 2.21. The van der Waals surface area contributed by atoms with Crippen LogP contribution in [0, 0.1) is 11.6 Å². The summed E-state index contributed by atoms with van der Waals surface area (Å²) in [6.45, 7) is 1.81. The molecular formula is C10H11F2NO2. The van der Waals surface area contributed by atoms with E-state index >= 15 is 0 Å². The largest absolute Gasteiger partial charge is 0.449 e. The van der Waals surface area contributed by atoms with Gasteiger partial charge in [-0.15, -0.1) is 0 Å². The van der Waals surface area contributed by atoms with Gasteiger partial charge in [0.15, 0.2) is 11.6 Å². The van der Waals surface area contributed by atoms with Crippen LogP contribution < -0.4 is 4.90 Å². The number of hydrogen-bond acceptors (Lipinski definition) is 2. The Hall–Kier alpha value is -1.65. The van der Waals surface area contributed by atoms with Crippen LogP contribution in [-0.2, 0) is 4.74 Å². The predicted molar refractivity (Wildman–Crippen MR) is 51.8 cm³/mol. The molecule has 0 aliphatic rings. The number of carbonyl (C=O) groups is 1. The molecule has 0 atom stereocenters. The molecule has 1 rings (SSSR count). The van der Waals surface area contributed by atoms with Crippen LogP contribution in [0.2, 0.25) is 0 Å². The number of rotatable bonds is 2. The van der Waals surface area contributed by atoms with Crippen LogP contribution in [0.15, 0.2) is 18.2 Å². The van der Waals surface area contributed by atoms with Gasteiger partial charge < -0.3 is 4.74 Å². The molecule has 0 unspecified atom stereocenters. The van der Waals surface area contributed by atoms with Crippen molar-refractivity contribution in [3.05, 3.63) is 29.8 Å². The SMILES string of the molecule is CCOC(=O)N(C)c1cccc(F)c1F. The highest BCUT2D eigenvalue weighted by Gasteiger charge is 2.17. The summed E-state index contributed by atoms with van der Waals surface area (Å²) in [5.74, 6) is -2.06. The van der Waals surface area contributed by atoms with Gasteiger partial charge in [-0.25, -0.2) is 13.6 Å². The first kappa shape index (κ1) is 11.4. The Morgan fingerprint density at radius 1 is 1.47 bits per heavy atom. The first-order chi connectivity index (χ1) is 7.07. The maximum absolute atomic E-state index is 13.2. The fraction of sp³-hybridized carbons (Fsp3) is 0.300.